The molecule has 1 heterocycles. The van der Waals surface area contributed by atoms with E-state index in [1.807, 2.05) is 24.3 Å². The van der Waals surface area contributed by atoms with Crippen molar-refractivity contribution < 1.29 is 4.39 Å². The molecule has 0 saturated heterocycles. The fourth-order valence-electron chi connectivity index (χ4n) is 1.16. The van der Waals surface area contributed by atoms with Gasteiger partial charge >= 0.3 is 0 Å². The molecule has 1 aromatic heterocycles. The molecule has 0 N–H and O–H groups in total. The van der Waals surface area contributed by atoms with Crippen molar-refractivity contribution in [1.82, 2.24) is 9.97 Å². The summed E-state index contributed by atoms with van der Waals surface area (Å²) in [6.45, 7) is 0. The topological polar surface area (TPSA) is 25.8 Å². The van der Waals surface area contributed by atoms with E-state index in [1.54, 1.807) is 0 Å². The quantitative estimate of drug-likeness (QED) is 0.619. The van der Waals surface area contributed by atoms with Gasteiger partial charge in [0.15, 0.2) is 0 Å². The normalized spacial score (nSPS) is 10.4. The monoisotopic (exact) mass is 254 g/mol. The van der Waals surface area contributed by atoms with Gasteiger partial charge in [0.25, 0.3) is 0 Å². The van der Waals surface area contributed by atoms with E-state index in [-0.39, 0.29) is 0 Å². The van der Waals surface area contributed by atoms with Crippen molar-refractivity contribution in [1.29, 1.82) is 0 Å². The predicted octanol–water partition coefficient (Wildman–Crippen LogP) is 3.56. The fourth-order valence-corrected chi connectivity index (χ4v) is 2.30. The van der Waals surface area contributed by atoms with Crippen LogP contribution in [0.1, 0.15) is 5.56 Å². The smallest absolute Gasteiger partial charge is 0.217 e. The molecule has 0 aliphatic carbocycles. The third-order valence-corrected chi connectivity index (χ3v) is 3.29. The summed E-state index contributed by atoms with van der Waals surface area (Å²) in [6.07, 6.45) is 1.21. The Kier molecular flexibility index (Phi) is 3.74. The largest absolute Gasteiger partial charge is 0.230 e. The van der Waals surface area contributed by atoms with E-state index >= 15 is 0 Å². The Morgan fingerprint density at radius 2 is 2.06 bits per heavy atom. The van der Waals surface area contributed by atoms with E-state index in [9.17, 15) is 4.39 Å². The van der Waals surface area contributed by atoms with Crippen LogP contribution >= 0.6 is 23.4 Å². The number of aromatic nitrogens is 2. The molecule has 0 radical (unpaired) electrons. The van der Waals surface area contributed by atoms with Crippen LogP contribution in [0.3, 0.4) is 0 Å². The molecule has 0 spiro atoms. The minimum atomic E-state index is -0.517. The van der Waals surface area contributed by atoms with Gasteiger partial charge in [-0.25, -0.2) is 9.97 Å². The lowest BCUT2D eigenvalue weighted by atomic mass is 10.2. The first-order valence-corrected chi connectivity index (χ1v) is 5.96. The third kappa shape index (κ3) is 2.93. The maximum Gasteiger partial charge on any atom is 0.217 e. The van der Waals surface area contributed by atoms with Crippen LogP contribution in [0.15, 0.2) is 41.7 Å². The van der Waals surface area contributed by atoms with Crippen LogP contribution in [0.25, 0.3) is 0 Å². The van der Waals surface area contributed by atoms with E-state index in [2.05, 4.69) is 9.97 Å². The van der Waals surface area contributed by atoms with Gasteiger partial charge in [0, 0.05) is 16.8 Å². The Morgan fingerprint density at radius 3 is 2.81 bits per heavy atom. The molecule has 0 amide bonds. The van der Waals surface area contributed by atoms with Gasteiger partial charge < -0.3 is 0 Å². The Balaban J connectivity index is 2.05. The first-order chi connectivity index (χ1) is 7.75. The fraction of sp³-hybridized carbons (Fsp3) is 0.0909. The lowest BCUT2D eigenvalue weighted by Crippen LogP contribution is -1.88. The van der Waals surface area contributed by atoms with Gasteiger partial charge in [0.2, 0.25) is 5.95 Å². The summed E-state index contributed by atoms with van der Waals surface area (Å²) in [7, 11) is 0. The van der Waals surface area contributed by atoms with Crippen LogP contribution in [-0.4, -0.2) is 9.97 Å². The average Bonchev–Trinajstić information content (AvgIpc) is 2.28. The van der Waals surface area contributed by atoms with Gasteiger partial charge in [-0.2, -0.15) is 4.39 Å². The predicted molar refractivity (Wildman–Crippen MR) is 63.0 cm³/mol. The molecule has 82 valence electrons. The molecule has 2 aromatic rings. The molecule has 2 rings (SSSR count). The highest BCUT2D eigenvalue weighted by atomic mass is 35.5. The number of hydrogen-bond donors (Lipinski definition) is 0. The SMILES string of the molecule is Fc1cc(SCc2ccccc2Cl)ncn1. The minimum absolute atomic E-state index is 0.517. The number of hydrogen-bond acceptors (Lipinski definition) is 3. The Hall–Kier alpha value is -1.13. The first kappa shape index (κ1) is 11.4. The molecule has 5 heteroatoms. The van der Waals surface area contributed by atoms with Gasteiger partial charge in [0.05, 0.1) is 0 Å². The second-order valence-corrected chi connectivity index (χ2v) is 4.46. The van der Waals surface area contributed by atoms with Crippen molar-refractivity contribution >= 4 is 23.4 Å². The van der Waals surface area contributed by atoms with Crippen LogP contribution < -0.4 is 0 Å². The average molecular weight is 255 g/mol. The zero-order chi connectivity index (χ0) is 11.4. The summed E-state index contributed by atoms with van der Waals surface area (Å²) in [5, 5.41) is 1.32. The molecule has 0 fully saturated rings. The van der Waals surface area contributed by atoms with Crippen molar-refractivity contribution in [2.45, 2.75) is 10.8 Å². The number of benzene rings is 1. The van der Waals surface area contributed by atoms with Crippen LogP contribution in [0, 0.1) is 5.95 Å². The molecular formula is C11H8ClFN2S. The van der Waals surface area contributed by atoms with E-state index in [0.29, 0.717) is 15.8 Å². The van der Waals surface area contributed by atoms with E-state index in [4.69, 9.17) is 11.6 Å². The molecule has 0 unspecified atom stereocenters. The Bertz CT molecular complexity index is 493. The van der Waals surface area contributed by atoms with Crippen molar-refractivity contribution in [2.24, 2.45) is 0 Å². The molecule has 0 bridgehead atoms. The summed E-state index contributed by atoms with van der Waals surface area (Å²) in [6, 6.07) is 8.87. The lowest BCUT2D eigenvalue weighted by Gasteiger charge is -2.02. The van der Waals surface area contributed by atoms with Crippen molar-refractivity contribution in [3.63, 3.8) is 0 Å². The Labute approximate surface area is 102 Å². The van der Waals surface area contributed by atoms with Crippen LogP contribution in [0.2, 0.25) is 5.02 Å². The molecular weight excluding hydrogens is 247 g/mol. The molecule has 0 aliphatic heterocycles. The minimum Gasteiger partial charge on any atom is -0.230 e. The summed E-state index contributed by atoms with van der Waals surface area (Å²) in [4.78, 5) is 7.35. The summed E-state index contributed by atoms with van der Waals surface area (Å²) in [5.74, 6) is 0.146. The highest BCUT2D eigenvalue weighted by Crippen LogP contribution is 2.24. The molecule has 0 atom stereocenters. The lowest BCUT2D eigenvalue weighted by molar-refractivity contribution is 0.572. The van der Waals surface area contributed by atoms with Gasteiger partial charge in [-0.05, 0) is 11.6 Å². The van der Waals surface area contributed by atoms with Gasteiger partial charge in [-0.15, -0.1) is 11.8 Å². The molecule has 16 heavy (non-hydrogen) atoms. The van der Waals surface area contributed by atoms with Crippen LogP contribution in [-0.2, 0) is 5.75 Å². The van der Waals surface area contributed by atoms with Gasteiger partial charge in [-0.1, -0.05) is 29.8 Å². The van der Waals surface area contributed by atoms with Crippen molar-refractivity contribution in [3.05, 3.63) is 53.2 Å². The van der Waals surface area contributed by atoms with Crippen molar-refractivity contribution in [3.8, 4) is 0 Å². The zero-order valence-corrected chi connectivity index (χ0v) is 9.80. The van der Waals surface area contributed by atoms with Crippen molar-refractivity contribution in [2.75, 3.05) is 0 Å². The molecule has 0 aliphatic rings. The highest BCUT2D eigenvalue weighted by molar-refractivity contribution is 7.98. The van der Waals surface area contributed by atoms with E-state index in [1.165, 1.54) is 24.2 Å². The van der Waals surface area contributed by atoms with E-state index < -0.39 is 5.95 Å². The summed E-state index contributed by atoms with van der Waals surface area (Å²) in [5.41, 5.74) is 1.01. The number of thioether (sulfide) groups is 1. The summed E-state index contributed by atoms with van der Waals surface area (Å²) < 4.78 is 12.8. The third-order valence-electron chi connectivity index (χ3n) is 1.94. The second-order valence-electron chi connectivity index (χ2n) is 3.06. The second kappa shape index (κ2) is 5.27. The first-order valence-electron chi connectivity index (χ1n) is 4.59. The number of halogens is 2. The molecule has 0 saturated carbocycles. The standard InChI is InChI=1S/C11H8ClFN2S/c12-9-4-2-1-3-8(9)6-16-11-5-10(13)14-7-15-11/h1-5,7H,6H2. The molecule has 1 aromatic carbocycles. The highest BCUT2D eigenvalue weighted by Gasteiger charge is 2.02. The Morgan fingerprint density at radius 1 is 1.25 bits per heavy atom. The number of rotatable bonds is 3. The number of nitrogens with zero attached hydrogens (tertiary/aromatic N) is 2. The summed E-state index contributed by atoms with van der Waals surface area (Å²) >= 11 is 7.43. The van der Waals surface area contributed by atoms with Crippen LogP contribution in [0.4, 0.5) is 4.39 Å². The molecule has 2 nitrogen and oxygen atoms in total. The maximum absolute atomic E-state index is 12.8. The van der Waals surface area contributed by atoms with Gasteiger partial charge in [-0.3, -0.25) is 0 Å². The maximum atomic E-state index is 12.8. The van der Waals surface area contributed by atoms with E-state index in [0.717, 1.165) is 5.56 Å². The van der Waals surface area contributed by atoms with Crippen LogP contribution in [0.5, 0.6) is 0 Å². The van der Waals surface area contributed by atoms with Gasteiger partial charge in [0.1, 0.15) is 11.4 Å². The zero-order valence-electron chi connectivity index (χ0n) is 8.23.